The van der Waals surface area contributed by atoms with Crippen LogP contribution in [0, 0.1) is 0 Å². The van der Waals surface area contributed by atoms with Gasteiger partial charge in [0.15, 0.2) is 0 Å². The van der Waals surface area contributed by atoms with Crippen LogP contribution < -0.4 is 5.32 Å². The van der Waals surface area contributed by atoms with Gasteiger partial charge in [-0.3, -0.25) is 5.10 Å². The van der Waals surface area contributed by atoms with Gasteiger partial charge in [-0.2, -0.15) is 5.10 Å². The molecular formula is C11H11BrClN3S. The molecule has 2 N–H and O–H groups in total. The predicted molar refractivity (Wildman–Crippen MR) is 74.6 cm³/mol. The van der Waals surface area contributed by atoms with Crippen molar-refractivity contribution in [3.05, 3.63) is 26.6 Å². The van der Waals surface area contributed by atoms with Crippen molar-refractivity contribution >= 4 is 38.9 Å². The Morgan fingerprint density at radius 2 is 2.35 bits per heavy atom. The maximum Gasteiger partial charge on any atom is 0.117 e. The molecule has 1 atom stereocenters. The second-order valence-corrected chi connectivity index (χ2v) is 6.56. The molecule has 1 aliphatic rings. The van der Waals surface area contributed by atoms with Gasteiger partial charge in [0.25, 0.3) is 0 Å². The van der Waals surface area contributed by atoms with E-state index in [4.69, 9.17) is 11.6 Å². The number of rotatable bonds is 2. The summed E-state index contributed by atoms with van der Waals surface area (Å²) in [5.41, 5.74) is 2.09. The highest BCUT2D eigenvalue weighted by molar-refractivity contribution is 9.10. The Kier molecular flexibility index (Phi) is 3.25. The molecule has 1 fully saturated rings. The molecule has 3 nitrogen and oxygen atoms in total. The third-order valence-corrected chi connectivity index (χ3v) is 4.99. The van der Waals surface area contributed by atoms with Crippen molar-refractivity contribution < 1.29 is 0 Å². The number of aromatic amines is 1. The lowest BCUT2D eigenvalue weighted by molar-refractivity contribution is 0.623. The molecule has 0 bridgehead atoms. The number of hydrogen-bond donors (Lipinski definition) is 2. The Labute approximate surface area is 117 Å². The number of aromatic nitrogens is 2. The van der Waals surface area contributed by atoms with Crippen molar-refractivity contribution in [3.8, 4) is 10.6 Å². The highest BCUT2D eigenvalue weighted by atomic mass is 79.9. The fourth-order valence-electron chi connectivity index (χ4n) is 2.11. The third kappa shape index (κ3) is 2.17. The van der Waals surface area contributed by atoms with Gasteiger partial charge >= 0.3 is 0 Å². The van der Waals surface area contributed by atoms with Gasteiger partial charge < -0.3 is 5.32 Å². The van der Waals surface area contributed by atoms with Gasteiger partial charge in [0.2, 0.25) is 0 Å². The van der Waals surface area contributed by atoms with Crippen LogP contribution in [0.2, 0.25) is 4.34 Å². The van der Waals surface area contributed by atoms with Crippen LogP contribution in [0.4, 0.5) is 0 Å². The Morgan fingerprint density at radius 1 is 1.47 bits per heavy atom. The third-order valence-electron chi connectivity index (χ3n) is 2.95. The molecule has 3 heterocycles. The van der Waals surface area contributed by atoms with E-state index in [-0.39, 0.29) is 0 Å². The molecule has 6 heteroatoms. The summed E-state index contributed by atoms with van der Waals surface area (Å²) in [7, 11) is 0. The van der Waals surface area contributed by atoms with Crippen molar-refractivity contribution in [3.63, 3.8) is 0 Å². The molecule has 3 rings (SSSR count). The van der Waals surface area contributed by atoms with E-state index < -0.39 is 0 Å². The van der Waals surface area contributed by atoms with E-state index in [2.05, 4.69) is 31.4 Å². The fourth-order valence-corrected chi connectivity index (χ4v) is 3.95. The van der Waals surface area contributed by atoms with Crippen molar-refractivity contribution in [2.45, 2.75) is 18.9 Å². The summed E-state index contributed by atoms with van der Waals surface area (Å²) in [6.45, 7) is 1.08. The van der Waals surface area contributed by atoms with Gasteiger partial charge in [-0.15, -0.1) is 11.3 Å². The summed E-state index contributed by atoms with van der Waals surface area (Å²) in [6, 6.07) is 4.29. The maximum atomic E-state index is 5.95. The number of halogens is 2. The minimum atomic E-state index is 0.390. The highest BCUT2D eigenvalue weighted by Crippen LogP contribution is 2.38. The quantitative estimate of drug-likeness (QED) is 0.873. The minimum Gasteiger partial charge on any atom is -0.309 e. The van der Waals surface area contributed by atoms with Gasteiger partial charge in [0.05, 0.1) is 25.4 Å². The summed E-state index contributed by atoms with van der Waals surface area (Å²) < 4.78 is 1.84. The van der Waals surface area contributed by atoms with E-state index >= 15 is 0 Å². The summed E-state index contributed by atoms with van der Waals surface area (Å²) in [6.07, 6.45) is 2.38. The molecule has 2 aromatic rings. The summed E-state index contributed by atoms with van der Waals surface area (Å²) in [5.74, 6) is 0. The molecule has 1 unspecified atom stereocenters. The second-order valence-electron chi connectivity index (χ2n) is 4.05. The highest BCUT2D eigenvalue weighted by Gasteiger charge is 2.23. The summed E-state index contributed by atoms with van der Waals surface area (Å²) in [4.78, 5) is 1.09. The molecule has 17 heavy (non-hydrogen) atoms. The van der Waals surface area contributed by atoms with E-state index in [9.17, 15) is 0 Å². The standard InChI is InChI=1S/C11H11BrClN3S/c12-9-10(6-2-1-5-14-6)15-16-11(9)7-3-4-8(13)17-7/h3-4,6,14H,1-2,5H2,(H,15,16). The SMILES string of the molecule is Clc1ccc(-c2n[nH]c(C3CCCN3)c2Br)s1. The van der Waals surface area contributed by atoms with Gasteiger partial charge in [-0.25, -0.2) is 0 Å². The lowest BCUT2D eigenvalue weighted by Crippen LogP contribution is -2.13. The first-order chi connectivity index (χ1) is 8.25. The van der Waals surface area contributed by atoms with E-state index in [0.717, 1.165) is 38.0 Å². The van der Waals surface area contributed by atoms with Gasteiger partial charge in [0, 0.05) is 0 Å². The number of H-pyrrole nitrogens is 1. The smallest absolute Gasteiger partial charge is 0.117 e. The first kappa shape index (κ1) is 11.7. The lowest BCUT2D eigenvalue weighted by atomic mass is 10.1. The monoisotopic (exact) mass is 331 g/mol. The van der Waals surface area contributed by atoms with Crippen molar-refractivity contribution in [1.29, 1.82) is 0 Å². The van der Waals surface area contributed by atoms with Gasteiger partial charge in [-0.1, -0.05) is 11.6 Å². The summed E-state index contributed by atoms with van der Waals surface area (Å²) in [5, 5.41) is 11.0. The predicted octanol–water partition coefficient (Wildman–Crippen LogP) is 3.98. The van der Waals surface area contributed by atoms with Gasteiger partial charge in [0.1, 0.15) is 5.69 Å². The normalized spacial score (nSPS) is 20.0. The van der Waals surface area contributed by atoms with Crippen LogP contribution in [0.15, 0.2) is 16.6 Å². The Bertz CT molecular complexity index is 531. The van der Waals surface area contributed by atoms with Crippen LogP contribution in [0.3, 0.4) is 0 Å². The molecule has 0 radical (unpaired) electrons. The Balaban J connectivity index is 1.97. The molecule has 0 aromatic carbocycles. The van der Waals surface area contributed by atoms with Crippen LogP contribution in [0.5, 0.6) is 0 Å². The lowest BCUT2D eigenvalue weighted by Gasteiger charge is -2.07. The molecule has 0 saturated carbocycles. The molecule has 2 aromatic heterocycles. The molecule has 0 aliphatic carbocycles. The van der Waals surface area contributed by atoms with E-state index in [1.165, 1.54) is 6.42 Å². The number of thiophene rings is 1. The molecular weight excluding hydrogens is 322 g/mol. The van der Waals surface area contributed by atoms with E-state index in [0.29, 0.717) is 6.04 Å². The largest absolute Gasteiger partial charge is 0.309 e. The molecule has 0 amide bonds. The number of hydrogen-bond acceptors (Lipinski definition) is 3. The van der Waals surface area contributed by atoms with E-state index in [1.54, 1.807) is 11.3 Å². The summed E-state index contributed by atoms with van der Waals surface area (Å²) >= 11 is 11.1. The van der Waals surface area contributed by atoms with Crippen LogP contribution >= 0.6 is 38.9 Å². The molecule has 1 aliphatic heterocycles. The first-order valence-corrected chi connectivity index (χ1v) is 7.47. The Morgan fingerprint density at radius 3 is 3.00 bits per heavy atom. The number of nitrogens with zero attached hydrogens (tertiary/aromatic N) is 1. The zero-order valence-corrected chi connectivity index (χ0v) is 12.1. The van der Waals surface area contributed by atoms with E-state index in [1.807, 2.05) is 12.1 Å². The fraction of sp³-hybridized carbons (Fsp3) is 0.364. The molecule has 0 spiro atoms. The van der Waals surface area contributed by atoms with Crippen LogP contribution in [0.25, 0.3) is 10.6 Å². The maximum absolute atomic E-state index is 5.95. The zero-order chi connectivity index (χ0) is 11.8. The molecule has 1 saturated heterocycles. The Hall–Kier alpha value is -0.360. The van der Waals surface area contributed by atoms with Crippen molar-refractivity contribution in [1.82, 2.24) is 15.5 Å². The van der Waals surface area contributed by atoms with Crippen molar-refractivity contribution in [2.24, 2.45) is 0 Å². The first-order valence-electron chi connectivity index (χ1n) is 5.48. The van der Waals surface area contributed by atoms with Crippen LogP contribution in [0.1, 0.15) is 24.6 Å². The average molecular weight is 333 g/mol. The number of nitrogens with one attached hydrogen (secondary N) is 2. The molecule has 90 valence electrons. The second kappa shape index (κ2) is 4.72. The van der Waals surface area contributed by atoms with Crippen molar-refractivity contribution in [2.75, 3.05) is 6.54 Å². The van der Waals surface area contributed by atoms with Crippen LogP contribution in [-0.4, -0.2) is 16.7 Å². The van der Waals surface area contributed by atoms with Gasteiger partial charge in [-0.05, 0) is 47.4 Å². The topological polar surface area (TPSA) is 40.7 Å². The zero-order valence-electron chi connectivity index (χ0n) is 8.96. The average Bonchev–Trinajstić information content (AvgIpc) is 2.98. The minimum absolute atomic E-state index is 0.390. The van der Waals surface area contributed by atoms with Crippen LogP contribution in [-0.2, 0) is 0 Å².